The second-order valence-electron chi connectivity index (χ2n) is 6.91. The first-order valence-corrected chi connectivity index (χ1v) is 10.1. The van der Waals surface area contributed by atoms with Crippen LogP contribution in [0.1, 0.15) is 29.8 Å². The lowest BCUT2D eigenvalue weighted by Crippen LogP contribution is -2.33. The minimum atomic E-state index is -3.86. The number of anilines is 1. The largest absolute Gasteiger partial charge is 0.348 e. The van der Waals surface area contributed by atoms with E-state index in [0.29, 0.717) is 4.31 Å². The van der Waals surface area contributed by atoms with Gasteiger partial charge in [-0.25, -0.2) is 12.7 Å². The normalized spacial score (nSPS) is 17.7. The van der Waals surface area contributed by atoms with Gasteiger partial charge in [-0.05, 0) is 49.7 Å². The quantitative estimate of drug-likeness (QED) is 0.839. The van der Waals surface area contributed by atoms with Gasteiger partial charge >= 0.3 is 0 Å². The van der Waals surface area contributed by atoms with Gasteiger partial charge in [0, 0.05) is 24.5 Å². The predicted molar refractivity (Wildman–Crippen MR) is 102 cm³/mol. The van der Waals surface area contributed by atoms with Crippen LogP contribution in [-0.4, -0.2) is 31.0 Å². The zero-order valence-electron chi connectivity index (χ0n) is 14.8. The van der Waals surface area contributed by atoms with Crippen molar-refractivity contribution < 1.29 is 18.0 Å². The van der Waals surface area contributed by atoms with Gasteiger partial charge in [0.1, 0.15) is 0 Å². The molecule has 0 bridgehead atoms. The average molecular weight is 408 g/mol. The summed E-state index contributed by atoms with van der Waals surface area (Å²) in [7, 11) is -3.86. The van der Waals surface area contributed by atoms with Gasteiger partial charge in [-0.2, -0.15) is 0 Å². The van der Waals surface area contributed by atoms with E-state index in [-0.39, 0.29) is 28.6 Å². The summed E-state index contributed by atoms with van der Waals surface area (Å²) < 4.78 is 25.6. The molecule has 2 heterocycles. The zero-order valence-corrected chi connectivity index (χ0v) is 16.3. The van der Waals surface area contributed by atoms with Gasteiger partial charge in [0.2, 0.25) is 15.9 Å². The van der Waals surface area contributed by atoms with Crippen LogP contribution in [0.2, 0.25) is 5.02 Å². The molecule has 0 aliphatic carbocycles. The number of amides is 2. The molecular formula is C18H18ClN3O4S. The fraction of sp³-hybridized carbons (Fsp3) is 0.278. The van der Waals surface area contributed by atoms with E-state index in [1.165, 1.54) is 18.2 Å². The van der Waals surface area contributed by atoms with Crippen molar-refractivity contribution in [2.75, 3.05) is 10.1 Å². The Hall–Kier alpha value is -2.45. The lowest BCUT2D eigenvalue weighted by molar-refractivity contribution is -0.123. The standard InChI is InChI=1S/C18H18ClN3O4S/c1-18(2)11-27(25,26)22(17(18)24)15-9-13(3-4-14(15)19)16(23)21-10-12-5-7-20-8-6-12/h3-9H,10-11H2,1-2H3,(H,21,23). The van der Waals surface area contributed by atoms with Crippen molar-refractivity contribution in [1.29, 1.82) is 0 Å². The summed E-state index contributed by atoms with van der Waals surface area (Å²) in [6.45, 7) is 3.41. The molecule has 0 saturated carbocycles. The number of hydrogen-bond acceptors (Lipinski definition) is 5. The molecule has 3 rings (SSSR count). The molecule has 0 atom stereocenters. The van der Waals surface area contributed by atoms with Crippen molar-refractivity contribution in [2.24, 2.45) is 5.41 Å². The molecule has 1 aliphatic rings. The van der Waals surface area contributed by atoms with Gasteiger partial charge in [-0.3, -0.25) is 14.6 Å². The van der Waals surface area contributed by atoms with E-state index in [2.05, 4.69) is 10.3 Å². The summed E-state index contributed by atoms with van der Waals surface area (Å²) >= 11 is 6.14. The van der Waals surface area contributed by atoms with Crippen molar-refractivity contribution in [3.8, 4) is 0 Å². The lowest BCUT2D eigenvalue weighted by atomic mass is 9.95. The van der Waals surface area contributed by atoms with Gasteiger partial charge in [0.25, 0.3) is 5.91 Å². The highest BCUT2D eigenvalue weighted by Gasteiger charge is 2.50. The van der Waals surface area contributed by atoms with Gasteiger partial charge in [-0.1, -0.05) is 11.6 Å². The molecule has 0 unspecified atom stereocenters. The Morgan fingerprint density at radius 2 is 1.93 bits per heavy atom. The molecule has 2 aromatic rings. The van der Waals surface area contributed by atoms with Crippen LogP contribution in [0.25, 0.3) is 0 Å². The number of hydrogen-bond donors (Lipinski definition) is 1. The Kier molecular flexibility index (Phi) is 4.96. The van der Waals surface area contributed by atoms with Gasteiger partial charge in [-0.15, -0.1) is 0 Å². The monoisotopic (exact) mass is 407 g/mol. The third-order valence-corrected chi connectivity index (χ3v) is 6.54. The van der Waals surface area contributed by atoms with Crippen LogP contribution < -0.4 is 9.62 Å². The number of aromatic nitrogens is 1. The average Bonchev–Trinajstić information content (AvgIpc) is 2.77. The number of nitrogens with one attached hydrogen (secondary N) is 1. The molecule has 142 valence electrons. The van der Waals surface area contributed by atoms with Crippen LogP contribution in [0.15, 0.2) is 42.7 Å². The molecule has 1 aromatic heterocycles. The molecule has 1 aromatic carbocycles. The summed E-state index contributed by atoms with van der Waals surface area (Å²) in [4.78, 5) is 28.9. The molecular weight excluding hydrogens is 390 g/mol. The number of carbonyl (C=O) groups excluding carboxylic acids is 2. The molecule has 7 nitrogen and oxygen atoms in total. The Morgan fingerprint density at radius 3 is 2.52 bits per heavy atom. The van der Waals surface area contributed by atoms with E-state index in [1.54, 1.807) is 38.4 Å². The number of halogens is 1. The first-order chi connectivity index (χ1) is 12.6. The SMILES string of the molecule is CC1(C)CS(=O)(=O)N(c2cc(C(=O)NCc3ccncc3)ccc2Cl)C1=O. The maximum atomic E-state index is 12.6. The zero-order chi connectivity index (χ0) is 19.8. The summed E-state index contributed by atoms with van der Waals surface area (Å²) in [5, 5.41) is 2.82. The van der Waals surface area contributed by atoms with Crippen molar-refractivity contribution in [3.63, 3.8) is 0 Å². The van der Waals surface area contributed by atoms with Crippen LogP contribution in [0.3, 0.4) is 0 Å². The molecule has 2 amide bonds. The molecule has 0 radical (unpaired) electrons. The highest BCUT2D eigenvalue weighted by Crippen LogP contribution is 2.39. The Labute approximate surface area is 162 Å². The molecule has 1 aliphatic heterocycles. The van der Waals surface area contributed by atoms with Crippen molar-refractivity contribution in [3.05, 3.63) is 58.9 Å². The Balaban J connectivity index is 1.89. The van der Waals surface area contributed by atoms with Crippen molar-refractivity contribution >= 4 is 39.1 Å². The summed E-state index contributed by atoms with van der Waals surface area (Å²) in [6.07, 6.45) is 3.24. The minimum Gasteiger partial charge on any atom is -0.348 e. The fourth-order valence-electron chi connectivity index (χ4n) is 2.84. The highest BCUT2D eigenvalue weighted by atomic mass is 35.5. The molecule has 27 heavy (non-hydrogen) atoms. The first kappa shape index (κ1) is 19.3. The maximum absolute atomic E-state index is 12.6. The van der Waals surface area contributed by atoms with E-state index in [4.69, 9.17) is 11.6 Å². The second-order valence-corrected chi connectivity index (χ2v) is 9.14. The number of pyridine rings is 1. The number of rotatable bonds is 4. The summed E-state index contributed by atoms with van der Waals surface area (Å²) in [5.41, 5.74) is 0.00782. The predicted octanol–water partition coefficient (Wildman–Crippen LogP) is 2.37. The molecule has 9 heteroatoms. The maximum Gasteiger partial charge on any atom is 0.251 e. The number of benzene rings is 1. The Bertz CT molecular complexity index is 1010. The van der Waals surface area contributed by atoms with E-state index in [9.17, 15) is 18.0 Å². The Morgan fingerprint density at radius 1 is 1.26 bits per heavy atom. The molecule has 1 fully saturated rings. The van der Waals surface area contributed by atoms with Crippen LogP contribution in [0.5, 0.6) is 0 Å². The van der Waals surface area contributed by atoms with E-state index in [0.717, 1.165) is 5.56 Å². The number of sulfonamides is 1. The summed E-state index contributed by atoms with van der Waals surface area (Å²) in [6, 6.07) is 7.75. The van der Waals surface area contributed by atoms with Crippen LogP contribution in [0.4, 0.5) is 5.69 Å². The fourth-order valence-corrected chi connectivity index (χ4v) is 5.20. The third kappa shape index (κ3) is 3.81. The van der Waals surface area contributed by atoms with Gasteiger partial charge in [0.15, 0.2) is 0 Å². The topological polar surface area (TPSA) is 96.4 Å². The second kappa shape index (κ2) is 6.94. The van der Waals surface area contributed by atoms with Crippen molar-refractivity contribution in [2.45, 2.75) is 20.4 Å². The first-order valence-electron chi connectivity index (χ1n) is 8.16. The molecule has 1 saturated heterocycles. The van der Waals surface area contributed by atoms with Crippen LogP contribution in [0, 0.1) is 5.41 Å². The number of carbonyl (C=O) groups is 2. The van der Waals surface area contributed by atoms with E-state index < -0.39 is 27.3 Å². The summed E-state index contributed by atoms with van der Waals surface area (Å²) in [5.74, 6) is -1.29. The van der Waals surface area contributed by atoms with Crippen LogP contribution in [-0.2, 0) is 21.4 Å². The van der Waals surface area contributed by atoms with Gasteiger partial charge in [0.05, 0.1) is 21.9 Å². The van der Waals surface area contributed by atoms with Crippen molar-refractivity contribution in [1.82, 2.24) is 10.3 Å². The minimum absolute atomic E-state index is 0.0104. The molecule has 0 spiro atoms. The van der Waals surface area contributed by atoms with Gasteiger partial charge < -0.3 is 5.32 Å². The van der Waals surface area contributed by atoms with E-state index in [1.807, 2.05) is 0 Å². The molecule has 1 N–H and O–H groups in total. The van der Waals surface area contributed by atoms with E-state index >= 15 is 0 Å². The lowest BCUT2D eigenvalue weighted by Gasteiger charge is -2.19. The van der Waals surface area contributed by atoms with Crippen LogP contribution >= 0.6 is 11.6 Å². The smallest absolute Gasteiger partial charge is 0.251 e. The third-order valence-electron chi connectivity index (χ3n) is 4.21. The highest BCUT2D eigenvalue weighted by molar-refractivity contribution is 7.94. The number of nitrogens with zero attached hydrogens (tertiary/aromatic N) is 2.